The highest BCUT2D eigenvalue weighted by atomic mass is 35.5. The number of aromatic nitrogens is 2. The lowest BCUT2D eigenvalue weighted by Gasteiger charge is -2.13. The van der Waals surface area contributed by atoms with Crippen LogP contribution in [-0.2, 0) is 16.1 Å². The van der Waals surface area contributed by atoms with Gasteiger partial charge in [-0.25, -0.2) is 14.6 Å². The van der Waals surface area contributed by atoms with Crippen molar-refractivity contribution in [1.29, 1.82) is 0 Å². The van der Waals surface area contributed by atoms with Crippen LogP contribution in [0.25, 0.3) is 5.69 Å². The largest absolute Gasteiger partial charge is 0.478 e. The molecule has 0 saturated heterocycles. The molecule has 0 radical (unpaired) electrons. The molecule has 0 amide bonds. The van der Waals surface area contributed by atoms with Gasteiger partial charge in [0, 0.05) is 40.4 Å². The summed E-state index contributed by atoms with van der Waals surface area (Å²) in [5.74, 6) is -1.71. The molecule has 1 aliphatic heterocycles. The van der Waals surface area contributed by atoms with Crippen molar-refractivity contribution in [1.82, 2.24) is 9.55 Å². The van der Waals surface area contributed by atoms with Gasteiger partial charge < -0.3 is 10.2 Å². The van der Waals surface area contributed by atoms with Gasteiger partial charge in [-0.3, -0.25) is 19.7 Å². The van der Waals surface area contributed by atoms with E-state index in [4.69, 9.17) is 26.8 Å². The molecule has 0 aliphatic carbocycles. The van der Waals surface area contributed by atoms with Crippen LogP contribution in [0.15, 0.2) is 65.8 Å². The number of carbonyl (C=O) groups is 2. The van der Waals surface area contributed by atoms with Gasteiger partial charge in [-0.1, -0.05) is 29.8 Å². The van der Waals surface area contributed by atoms with Crippen LogP contribution in [0.3, 0.4) is 0 Å². The maximum atomic E-state index is 11.3. The maximum absolute atomic E-state index is 11.3. The highest BCUT2D eigenvalue weighted by molar-refractivity contribution is 6.35. The number of aliphatic imine (C=N–C) groups is 1. The van der Waals surface area contributed by atoms with E-state index in [-0.39, 0.29) is 5.69 Å². The maximum Gasteiger partial charge on any atom is 0.328 e. The number of rotatable bonds is 4. The number of aryl methyl sites for hydroxylation is 1. The van der Waals surface area contributed by atoms with Crippen LogP contribution < -0.4 is 0 Å². The minimum Gasteiger partial charge on any atom is -0.478 e. The molecule has 33 heavy (non-hydrogen) atoms. The second-order valence-electron chi connectivity index (χ2n) is 6.75. The van der Waals surface area contributed by atoms with E-state index in [9.17, 15) is 19.7 Å². The summed E-state index contributed by atoms with van der Waals surface area (Å²) >= 11 is 6.36. The molecule has 3 aromatic rings. The molecule has 0 bridgehead atoms. The van der Waals surface area contributed by atoms with Crippen LogP contribution in [0.5, 0.6) is 0 Å². The number of carboxylic acid groups (broad SMARTS) is 2. The molecule has 2 N–H and O–H groups in total. The Balaban J connectivity index is 0.000000331. The van der Waals surface area contributed by atoms with Gasteiger partial charge in [-0.15, -0.1) is 0 Å². The molecule has 10 nitrogen and oxygen atoms in total. The minimum absolute atomic E-state index is 0.0136. The smallest absolute Gasteiger partial charge is 0.328 e. The number of benzene rings is 2. The summed E-state index contributed by atoms with van der Waals surface area (Å²) in [5.41, 5.74) is 3.82. The number of non-ortho nitro benzene ring substituents is 1. The summed E-state index contributed by atoms with van der Waals surface area (Å²) in [7, 11) is 0. The number of nitro benzene ring substituents is 1. The highest BCUT2D eigenvalue weighted by Gasteiger charge is 2.24. The SMILES string of the molecule is Cc1ncc2n1-c1ccc([N+](=O)[O-])cc1C(c1ccccc1Cl)=NC2.O=C(O)C=CC(=O)O. The zero-order valence-electron chi connectivity index (χ0n) is 17.2. The first-order valence-corrected chi connectivity index (χ1v) is 9.82. The van der Waals surface area contributed by atoms with E-state index in [0.717, 1.165) is 22.8 Å². The van der Waals surface area contributed by atoms with Crippen molar-refractivity contribution in [3.8, 4) is 5.69 Å². The quantitative estimate of drug-likeness (QED) is 0.336. The molecule has 2 heterocycles. The van der Waals surface area contributed by atoms with Gasteiger partial charge in [0.25, 0.3) is 5.69 Å². The molecule has 0 saturated carbocycles. The Morgan fingerprint density at radius 2 is 1.79 bits per heavy atom. The van der Waals surface area contributed by atoms with Gasteiger partial charge in [-0.2, -0.15) is 0 Å². The Bertz CT molecular complexity index is 1300. The number of nitro groups is 1. The fourth-order valence-electron chi connectivity index (χ4n) is 3.23. The summed E-state index contributed by atoms with van der Waals surface area (Å²) in [6, 6.07) is 12.2. The molecule has 1 aromatic heterocycles. The second-order valence-corrected chi connectivity index (χ2v) is 7.15. The molecular weight excluding hydrogens is 452 g/mol. The number of halogens is 1. The normalized spacial score (nSPS) is 12.0. The molecule has 0 fully saturated rings. The zero-order valence-corrected chi connectivity index (χ0v) is 17.9. The number of hydrogen-bond acceptors (Lipinski definition) is 6. The van der Waals surface area contributed by atoms with Gasteiger partial charge >= 0.3 is 11.9 Å². The molecule has 0 atom stereocenters. The third-order valence-corrected chi connectivity index (χ3v) is 4.92. The van der Waals surface area contributed by atoms with Crippen molar-refractivity contribution in [2.75, 3.05) is 0 Å². The number of nitrogens with zero attached hydrogens (tertiary/aromatic N) is 4. The van der Waals surface area contributed by atoms with Crippen LogP contribution >= 0.6 is 11.6 Å². The van der Waals surface area contributed by atoms with E-state index < -0.39 is 16.9 Å². The van der Waals surface area contributed by atoms with Crippen molar-refractivity contribution in [2.24, 2.45) is 4.99 Å². The van der Waals surface area contributed by atoms with Gasteiger partial charge in [0.15, 0.2) is 0 Å². The van der Waals surface area contributed by atoms with Gasteiger partial charge in [-0.05, 0) is 19.1 Å². The molecule has 4 rings (SSSR count). The molecule has 2 aromatic carbocycles. The summed E-state index contributed by atoms with van der Waals surface area (Å²) < 4.78 is 1.98. The van der Waals surface area contributed by atoms with Crippen LogP contribution in [0.4, 0.5) is 5.69 Å². The minimum atomic E-state index is -1.26. The lowest BCUT2D eigenvalue weighted by molar-refractivity contribution is -0.384. The molecule has 0 unspecified atom stereocenters. The Morgan fingerprint density at radius 1 is 1.12 bits per heavy atom. The summed E-state index contributed by atoms with van der Waals surface area (Å²) in [6.45, 7) is 2.32. The van der Waals surface area contributed by atoms with Crippen LogP contribution in [0.1, 0.15) is 22.6 Å². The summed E-state index contributed by atoms with van der Waals surface area (Å²) in [4.78, 5) is 39.0. The molecule has 1 aliphatic rings. The average molecular weight is 469 g/mol. The van der Waals surface area contributed by atoms with E-state index in [1.165, 1.54) is 6.07 Å². The zero-order chi connectivity index (χ0) is 24.1. The van der Waals surface area contributed by atoms with E-state index in [1.54, 1.807) is 24.4 Å². The van der Waals surface area contributed by atoms with Gasteiger partial charge in [0.1, 0.15) is 5.82 Å². The van der Waals surface area contributed by atoms with Crippen molar-refractivity contribution in [3.05, 3.63) is 98.6 Å². The van der Waals surface area contributed by atoms with Gasteiger partial charge in [0.05, 0.1) is 34.8 Å². The molecule has 11 heteroatoms. The van der Waals surface area contributed by atoms with Crippen molar-refractivity contribution in [2.45, 2.75) is 13.5 Å². The van der Waals surface area contributed by atoms with Crippen LogP contribution in [0, 0.1) is 17.0 Å². The number of carboxylic acids is 2. The van der Waals surface area contributed by atoms with E-state index in [1.807, 2.05) is 29.7 Å². The first-order valence-electron chi connectivity index (χ1n) is 9.44. The third-order valence-electron chi connectivity index (χ3n) is 4.59. The lowest BCUT2D eigenvalue weighted by atomic mass is 9.99. The lowest BCUT2D eigenvalue weighted by Crippen LogP contribution is -2.09. The number of hydrogen-bond donors (Lipinski definition) is 2. The highest BCUT2D eigenvalue weighted by Crippen LogP contribution is 2.31. The van der Waals surface area contributed by atoms with Crippen LogP contribution in [-0.4, -0.2) is 42.3 Å². The molecular formula is C22H17ClN4O6. The van der Waals surface area contributed by atoms with E-state index in [2.05, 4.69) is 4.98 Å². The standard InChI is InChI=1S/C18H13ClN4O2.C4H4O4/c1-11-20-9-13-10-21-18(14-4-2-3-5-16(14)19)15-8-12(23(24)25)6-7-17(15)22(11)13;5-3(6)1-2-4(7)8/h2-9H,10H2,1H3;1-2H,(H,5,6)(H,7,8). The second kappa shape index (κ2) is 9.88. The fraction of sp³-hybridized carbons (Fsp3) is 0.0909. The first kappa shape index (κ1) is 23.4. The van der Waals surface area contributed by atoms with Crippen molar-refractivity contribution < 1.29 is 24.7 Å². The number of fused-ring (bicyclic) bond motifs is 3. The van der Waals surface area contributed by atoms with Gasteiger partial charge in [0.2, 0.25) is 0 Å². The summed E-state index contributed by atoms with van der Waals surface area (Å²) in [5, 5.41) is 27.4. The Labute approximate surface area is 192 Å². The Kier molecular flexibility index (Phi) is 6.99. The summed E-state index contributed by atoms with van der Waals surface area (Å²) in [6.07, 6.45) is 2.89. The van der Waals surface area contributed by atoms with Crippen molar-refractivity contribution in [3.63, 3.8) is 0 Å². The molecule has 168 valence electrons. The van der Waals surface area contributed by atoms with Crippen LogP contribution in [0.2, 0.25) is 5.02 Å². The fourth-order valence-corrected chi connectivity index (χ4v) is 3.45. The third kappa shape index (κ3) is 5.31. The van der Waals surface area contributed by atoms with E-state index >= 15 is 0 Å². The molecule has 0 spiro atoms. The number of imidazole rings is 1. The predicted molar refractivity (Wildman–Crippen MR) is 120 cm³/mol. The monoisotopic (exact) mass is 468 g/mol. The average Bonchev–Trinajstić information content (AvgIpc) is 3.05. The predicted octanol–water partition coefficient (Wildman–Crippen LogP) is 3.81. The van der Waals surface area contributed by atoms with E-state index in [0.29, 0.717) is 35.0 Å². The topological polar surface area (TPSA) is 148 Å². The first-order chi connectivity index (χ1) is 15.7. The Morgan fingerprint density at radius 3 is 2.39 bits per heavy atom. The van der Waals surface area contributed by atoms with Crippen molar-refractivity contribution >= 4 is 34.9 Å². The Hall–Kier alpha value is -4.31. The number of aliphatic carboxylic acids is 2.